The Balaban J connectivity index is 1.62. The van der Waals surface area contributed by atoms with E-state index < -0.39 is 6.10 Å². The van der Waals surface area contributed by atoms with Crippen molar-refractivity contribution in [1.82, 2.24) is 15.1 Å². The van der Waals surface area contributed by atoms with E-state index >= 15 is 0 Å². The second kappa shape index (κ2) is 7.61. The highest BCUT2D eigenvalue weighted by molar-refractivity contribution is 7.13. The van der Waals surface area contributed by atoms with Crippen molar-refractivity contribution < 1.29 is 9.84 Å². The van der Waals surface area contributed by atoms with E-state index in [1.807, 2.05) is 53.6 Å². The van der Waals surface area contributed by atoms with Crippen LogP contribution in [-0.4, -0.2) is 28.5 Å². The normalized spacial score (nSPS) is 12.3. The Morgan fingerprint density at radius 2 is 2.21 bits per heavy atom. The molecule has 0 saturated heterocycles. The van der Waals surface area contributed by atoms with Crippen LogP contribution in [0, 0.1) is 0 Å². The predicted molar refractivity (Wildman–Crippen MR) is 96.2 cm³/mol. The van der Waals surface area contributed by atoms with Crippen LogP contribution in [0.3, 0.4) is 0 Å². The minimum atomic E-state index is -0.582. The van der Waals surface area contributed by atoms with Crippen LogP contribution in [0.2, 0.25) is 0 Å². The Morgan fingerprint density at radius 3 is 2.96 bits per heavy atom. The van der Waals surface area contributed by atoms with Gasteiger partial charge in [-0.05, 0) is 29.1 Å². The molecule has 126 valence electrons. The van der Waals surface area contributed by atoms with E-state index in [4.69, 9.17) is 4.74 Å². The van der Waals surface area contributed by atoms with E-state index in [1.165, 1.54) is 0 Å². The summed E-state index contributed by atoms with van der Waals surface area (Å²) in [5, 5.41) is 20.2. The highest BCUT2D eigenvalue weighted by atomic mass is 32.1. The van der Waals surface area contributed by atoms with Gasteiger partial charge < -0.3 is 15.2 Å². The van der Waals surface area contributed by atoms with Crippen molar-refractivity contribution in [3.63, 3.8) is 0 Å². The number of hydrogen-bond donors (Lipinski definition) is 2. The number of benzene rings is 1. The molecule has 1 aromatic carbocycles. The van der Waals surface area contributed by atoms with Gasteiger partial charge in [-0.1, -0.05) is 18.2 Å². The number of aliphatic hydroxyl groups excluding tert-OH is 1. The van der Waals surface area contributed by atoms with Crippen LogP contribution in [0.1, 0.15) is 17.2 Å². The third-order valence-corrected chi connectivity index (χ3v) is 4.67. The van der Waals surface area contributed by atoms with Crippen LogP contribution >= 0.6 is 11.3 Å². The molecule has 0 radical (unpaired) electrons. The van der Waals surface area contributed by atoms with E-state index in [0.717, 1.165) is 27.4 Å². The molecule has 24 heavy (non-hydrogen) atoms. The Morgan fingerprint density at radius 1 is 1.33 bits per heavy atom. The third kappa shape index (κ3) is 3.84. The number of rotatable bonds is 7. The van der Waals surface area contributed by atoms with Gasteiger partial charge in [0.15, 0.2) is 0 Å². The number of aryl methyl sites for hydroxylation is 1. The second-order valence-corrected chi connectivity index (χ2v) is 6.52. The number of hydrogen-bond acceptors (Lipinski definition) is 5. The summed E-state index contributed by atoms with van der Waals surface area (Å²) in [4.78, 5) is 1.15. The molecule has 2 aromatic heterocycles. The summed E-state index contributed by atoms with van der Waals surface area (Å²) in [6.45, 7) is 1.12. The van der Waals surface area contributed by atoms with Crippen molar-refractivity contribution in [2.75, 3.05) is 13.7 Å². The van der Waals surface area contributed by atoms with Gasteiger partial charge in [-0.15, -0.1) is 11.3 Å². The minimum absolute atomic E-state index is 0.464. The van der Waals surface area contributed by atoms with Gasteiger partial charge in [0, 0.05) is 31.9 Å². The summed E-state index contributed by atoms with van der Waals surface area (Å²) in [7, 11) is 3.55. The van der Waals surface area contributed by atoms with E-state index in [2.05, 4.69) is 16.5 Å². The zero-order valence-electron chi connectivity index (χ0n) is 13.8. The number of aliphatic hydroxyl groups is 1. The zero-order valence-corrected chi connectivity index (χ0v) is 14.6. The summed E-state index contributed by atoms with van der Waals surface area (Å²) >= 11 is 1.68. The highest BCUT2D eigenvalue weighted by Gasteiger charge is 2.12. The van der Waals surface area contributed by atoms with Gasteiger partial charge in [-0.3, -0.25) is 4.68 Å². The lowest BCUT2D eigenvalue weighted by molar-refractivity contribution is 0.174. The fourth-order valence-electron chi connectivity index (χ4n) is 2.60. The first-order valence-electron chi connectivity index (χ1n) is 7.76. The molecule has 0 amide bonds. The molecule has 3 aromatic rings. The number of nitrogens with zero attached hydrogens (tertiary/aromatic N) is 2. The molecule has 2 heterocycles. The van der Waals surface area contributed by atoms with Gasteiger partial charge in [-0.25, -0.2) is 0 Å². The minimum Gasteiger partial charge on any atom is -0.497 e. The molecular weight excluding hydrogens is 322 g/mol. The fraction of sp³-hybridized carbons (Fsp3) is 0.278. The molecule has 5 nitrogen and oxygen atoms in total. The van der Waals surface area contributed by atoms with Gasteiger partial charge in [0.2, 0.25) is 0 Å². The quantitative estimate of drug-likeness (QED) is 0.692. The summed E-state index contributed by atoms with van der Waals surface area (Å²) in [6.07, 6.45) is 1.43. The van der Waals surface area contributed by atoms with Gasteiger partial charge in [-0.2, -0.15) is 5.10 Å². The molecule has 0 bridgehead atoms. The van der Waals surface area contributed by atoms with Gasteiger partial charge >= 0.3 is 0 Å². The molecule has 0 aliphatic carbocycles. The molecule has 3 rings (SSSR count). The van der Waals surface area contributed by atoms with Crippen molar-refractivity contribution in [1.29, 1.82) is 0 Å². The largest absolute Gasteiger partial charge is 0.497 e. The van der Waals surface area contributed by atoms with Crippen LogP contribution in [-0.2, 0) is 13.6 Å². The smallest absolute Gasteiger partial charge is 0.119 e. The molecule has 2 N–H and O–H groups in total. The molecule has 1 unspecified atom stereocenters. The topological polar surface area (TPSA) is 59.3 Å². The maximum absolute atomic E-state index is 10.3. The summed E-state index contributed by atoms with van der Waals surface area (Å²) in [5.74, 6) is 0.749. The maximum atomic E-state index is 10.3. The molecule has 0 saturated carbocycles. The van der Waals surface area contributed by atoms with Crippen LogP contribution in [0.5, 0.6) is 5.75 Å². The number of thiophene rings is 1. The highest BCUT2D eigenvalue weighted by Crippen LogP contribution is 2.26. The van der Waals surface area contributed by atoms with E-state index in [0.29, 0.717) is 13.1 Å². The Bertz CT molecular complexity index is 783. The number of methoxy groups -OCH3 is 1. The average molecular weight is 343 g/mol. The van der Waals surface area contributed by atoms with E-state index in [9.17, 15) is 5.11 Å². The van der Waals surface area contributed by atoms with E-state index in [1.54, 1.807) is 18.4 Å². The van der Waals surface area contributed by atoms with Crippen LogP contribution in [0.15, 0.2) is 48.0 Å². The molecule has 1 atom stereocenters. The lowest BCUT2D eigenvalue weighted by Crippen LogP contribution is -2.21. The van der Waals surface area contributed by atoms with Crippen molar-refractivity contribution in [3.8, 4) is 16.3 Å². The van der Waals surface area contributed by atoms with Crippen molar-refractivity contribution in [2.24, 2.45) is 7.05 Å². The first-order chi connectivity index (χ1) is 11.7. The van der Waals surface area contributed by atoms with Crippen molar-refractivity contribution >= 4 is 11.3 Å². The molecule has 6 heteroatoms. The Hall–Kier alpha value is -2.15. The third-order valence-electron chi connectivity index (χ3n) is 3.79. The number of nitrogens with one attached hydrogen (secondary N) is 1. The summed E-state index contributed by atoms with van der Waals surface area (Å²) < 4.78 is 7.02. The molecule has 0 aliphatic rings. The fourth-order valence-corrected chi connectivity index (χ4v) is 3.34. The molecule has 0 fully saturated rings. The Kier molecular flexibility index (Phi) is 5.30. The number of ether oxygens (including phenoxy) is 1. The molecule has 0 aliphatic heterocycles. The van der Waals surface area contributed by atoms with Gasteiger partial charge in [0.05, 0.1) is 18.1 Å². The van der Waals surface area contributed by atoms with Crippen LogP contribution < -0.4 is 10.1 Å². The van der Waals surface area contributed by atoms with Crippen molar-refractivity contribution in [2.45, 2.75) is 12.6 Å². The standard InChI is InChI=1S/C18H21N3O2S/c1-21-12-14(18(20-21)17-7-4-8-24-17)10-19-11-16(22)13-5-3-6-15(9-13)23-2/h3-9,12,16,19,22H,10-11H2,1-2H3. The molecular formula is C18H21N3O2S. The zero-order chi connectivity index (χ0) is 16.9. The summed E-state index contributed by atoms with van der Waals surface area (Å²) in [6, 6.07) is 11.6. The number of aromatic nitrogens is 2. The van der Waals surface area contributed by atoms with Gasteiger partial charge in [0.1, 0.15) is 11.4 Å². The molecule has 0 spiro atoms. The van der Waals surface area contributed by atoms with E-state index in [-0.39, 0.29) is 0 Å². The summed E-state index contributed by atoms with van der Waals surface area (Å²) in [5.41, 5.74) is 2.96. The van der Waals surface area contributed by atoms with Crippen molar-refractivity contribution in [3.05, 3.63) is 59.1 Å². The first-order valence-corrected chi connectivity index (χ1v) is 8.64. The van der Waals surface area contributed by atoms with Gasteiger partial charge in [0.25, 0.3) is 0 Å². The average Bonchev–Trinajstić information content (AvgIpc) is 3.24. The lowest BCUT2D eigenvalue weighted by atomic mass is 10.1. The SMILES string of the molecule is COc1cccc(C(O)CNCc2cn(C)nc2-c2cccs2)c1. The second-order valence-electron chi connectivity index (χ2n) is 5.58. The van der Waals surface area contributed by atoms with Crippen LogP contribution in [0.25, 0.3) is 10.6 Å². The predicted octanol–water partition coefficient (Wildman–Crippen LogP) is 2.98. The monoisotopic (exact) mass is 343 g/mol. The maximum Gasteiger partial charge on any atom is 0.119 e. The Labute approximate surface area is 145 Å². The van der Waals surface area contributed by atoms with Crippen LogP contribution in [0.4, 0.5) is 0 Å². The first kappa shape index (κ1) is 16.7. The lowest BCUT2D eigenvalue weighted by Gasteiger charge is -2.13.